The van der Waals surface area contributed by atoms with E-state index in [0.717, 1.165) is 32.2 Å². The SMILES string of the molecule is CCN=C(N(C)C)N1CCC(COC)C1. The molecule has 1 fully saturated rings. The molecule has 1 saturated heterocycles. The fraction of sp³-hybridized carbons (Fsp3) is 0.909. The number of hydrogen-bond acceptors (Lipinski definition) is 2. The van der Waals surface area contributed by atoms with Crippen molar-refractivity contribution in [3.8, 4) is 0 Å². The molecule has 0 aromatic heterocycles. The van der Waals surface area contributed by atoms with Gasteiger partial charge in [0.2, 0.25) is 0 Å². The standard InChI is InChI=1S/C11H23N3O/c1-5-12-11(13(2)3)14-7-6-10(8-14)9-15-4/h10H,5-9H2,1-4H3. The smallest absolute Gasteiger partial charge is 0.196 e. The van der Waals surface area contributed by atoms with Gasteiger partial charge in [-0.2, -0.15) is 0 Å². The maximum absolute atomic E-state index is 5.19. The van der Waals surface area contributed by atoms with Crippen LogP contribution in [0.25, 0.3) is 0 Å². The minimum Gasteiger partial charge on any atom is -0.384 e. The molecule has 1 atom stereocenters. The fourth-order valence-corrected chi connectivity index (χ4v) is 2.05. The van der Waals surface area contributed by atoms with Gasteiger partial charge in [0.05, 0.1) is 6.61 Å². The van der Waals surface area contributed by atoms with Gasteiger partial charge in [0.15, 0.2) is 5.96 Å². The van der Waals surface area contributed by atoms with E-state index in [2.05, 4.69) is 35.8 Å². The van der Waals surface area contributed by atoms with E-state index in [1.165, 1.54) is 6.42 Å². The van der Waals surface area contributed by atoms with Crippen LogP contribution in [0.2, 0.25) is 0 Å². The third-order valence-electron chi connectivity index (χ3n) is 2.67. The number of methoxy groups -OCH3 is 1. The lowest BCUT2D eigenvalue weighted by Gasteiger charge is -2.26. The monoisotopic (exact) mass is 213 g/mol. The molecule has 0 aromatic rings. The number of guanidine groups is 1. The average Bonchev–Trinajstić information content (AvgIpc) is 2.62. The second-order valence-electron chi connectivity index (χ2n) is 4.22. The number of rotatable bonds is 3. The van der Waals surface area contributed by atoms with Crippen molar-refractivity contribution >= 4 is 5.96 Å². The number of ether oxygens (including phenoxy) is 1. The predicted octanol–water partition coefficient (Wildman–Crippen LogP) is 0.892. The topological polar surface area (TPSA) is 28.1 Å². The zero-order valence-electron chi connectivity index (χ0n) is 10.4. The largest absolute Gasteiger partial charge is 0.384 e. The van der Waals surface area contributed by atoms with E-state index in [-0.39, 0.29) is 0 Å². The van der Waals surface area contributed by atoms with Crippen molar-refractivity contribution in [1.82, 2.24) is 9.80 Å². The van der Waals surface area contributed by atoms with Crippen molar-refractivity contribution in [1.29, 1.82) is 0 Å². The maximum Gasteiger partial charge on any atom is 0.196 e. The summed E-state index contributed by atoms with van der Waals surface area (Å²) in [7, 11) is 5.88. The van der Waals surface area contributed by atoms with Gasteiger partial charge in [0, 0.05) is 46.8 Å². The first-order valence-corrected chi connectivity index (χ1v) is 5.64. The molecule has 0 aliphatic carbocycles. The Bertz CT molecular complexity index is 216. The van der Waals surface area contributed by atoms with Gasteiger partial charge in [-0.25, -0.2) is 0 Å². The number of hydrogen-bond donors (Lipinski definition) is 0. The molecular formula is C11H23N3O. The Morgan fingerprint density at radius 2 is 2.27 bits per heavy atom. The van der Waals surface area contributed by atoms with Gasteiger partial charge in [-0.3, -0.25) is 4.99 Å². The molecule has 1 unspecified atom stereocenters. The van der Waals surface area contributed by atoms with Gasteiger partial charge in [-0.1, -0.05) is 0 Å². The first-order chi connectivity index (χ1) is 7.19. The second kappa shape index (κ2) is 5.95. The predicted molar refractivity (Wildman–Crippen MR) is 63.2 cm³/mol. The molecule has 0 radical (unpaired) electrons. The molecule has 0 aromatic carbocycles. The molecule has 1 heterocycles. The Hall–Kier alpha value is -0.770. The third kappa shape index (κ3) is 3.38. The Labute approximate surface area is 92.9 Å². The summed E-state index contributed by atoms with van der Waals surface area (Å²) in [6.45, 7) is 5.96. The molecule has 0 bridgehead atoms. The Balaban J connectivity index is 2.53. The van der Waals surface area contributed by atoms with Crippen molar-refractivity contribution < 1.29 is 4.74 Å². The molecule has 4 nitrogen and oxygen atoms in total. The highest BCUT2D eigenvalue weighted by atomic mass is 16.5. The van der Waals surface area contributed by atoms with E-state index in [1.807, 2.05) is 0 Å². The van der Waals surface area contributed by atoms with Crippen LogP contribution in [0.1, 0.15) is 13.3 Å². The van der Waals surface area contributed by atoms with E-state index in [1.54, 1.807) is 7.11 Å². The first-order valence-electron chi connectivity index (χ1n) is 5.64. The van der Waals surface area contributed by atoms with Crippen LogP contribution in [0, 0.1) is 5.92 Å². The van der Waals surface area contributed by atoms with E-state index < -0.39 is 0 Å². The Morgan fingerprint density at radius 3 is 2.80 bits per heavy atom. The normalized spacial score (nSPS) is 22.3. The molecular weight excluding hydrogens is 190 g/mol. The molecule has 4 heteroatoms. The van der Waals surface area contributed by atoms with Gasteiger partial charge in [0.25, 0.3) is 0 Å². The average molecular weight is 213 g/mol. The van der Waals surface area contributed by atoms with E-state index in [0.29, 0.717) is 5.92 Å². The molecule has 0 spiro atoms. The zero-order valence-corrected chi connectivity index (χ0v) is 10.4. The highest BCUT2D eigenvalue weighted by Crippen LogP contribution is 2.17. The molecule has 1 rings (SSSR count). The molecule has 1 aliphatic heterocycles. The Kier molecular flexibility index (Phi) is 4.88. The quantitative estimate of drug-likeness (QED) is 0.515. The summed E-state index contributed by atoms with van der Waals surface area (Å²) in [6, 6.07) is 0. The van der Waals surface area contributed by atoms with Gasteiger partial charge >= 0.3 is 0 Å². The van der Waals surface area contributed by atoms with Crippen LogP contribution < -0.4 is 0 Å². The zero-order chi connectivity index (χ0) is 11.3. The van der Waals surface area contributed by atoms with Crippen molar-refractivity contribution in [2.45, 2.75) is 13.3 Å². The van der Waals surface area contributed by atoms with E-state index in [4.69, 9.17) is 4.74 Å². The van der Waals surface area contributed by atoms with Crippen LogP contribution in [0.4, 0.5) is 0 Å². The minimum atomic E-state index is 0.664. The van der Waals surface area contributed by atoms with Gasteiger partial charge < -0.3 is 14.5 Å². The van der Waals surface area contributed by atoms with Crippen LogP contribution in [0.5, 0.6) is 0 Å². The summed E-state index contributed by atoms with van der Waals surface area (Å²) in [4.78, 5) is 8.98. The lowest BCUT2D eigenvalue weighted by atomic mass is 10.1. The minimum absolute atomic E-state index is 0.664. The van der Waals surface area contributed by atoms with E-state index >= 15 is 0 Å². The molecule has 88 valence electrons. The van der Waals surface area contributed by atoms with Crippen LogP contribution in [-0.2, 0) is 4.74 Å². The van der Waals surface area contributed by atoms with Crippen molar-refractivity contribution in [2.75, 3.05) is 47.4 Å². The summed E-state index contributed by atoms with van der Waals surface area (Å²) in [6.07, 6.45) is 1.21. The summed E-state index contributed by atoms with van der Waals surface area (Å²) in [5, 5.41) is 0. The van der Waals surface area contributed by atoms with Crippen molar-refractivity contribution in [3.05, 3.63) is 0 Å². The lowest BCUT2D eigenvalue weighted by Crippen LogP contribution is -2.39. The number of aliphatic imine (C=N–C) groups is 1. The van der Waals surface area contributed by atoms with Crippen LogP contribution in [0.15, 0.2) is 4.99 Å². The second-order valence-corrected chi connectivity index (χ2v) is 4.22. The molecule has 0 N–H and O–H groups in total. The number of nitrogens with zero attached hydrogens (tertiary/aromatic N) is 3. The van der Waals surface area contributed by atoms with Gasteiger partial charge in [-0.15, -0.1) is 0 Å². The van der Waals surface area contributed by atoms with Gasteiger partial charge in [-0.05, 0) is 13.3 Å². The molecule has 0 saturated carbocycles. The number of likely N-dealkylation sites (tertiary alicyclic amines) is 1. The molecule has 1 aliphatic rings. The molecule has 15 heavy (non-hydrogen) atoms. The highest BCUT2D eigenvalue weighted by molar-refractivity contribution is 5.79. The third-order valence-corrected chi connectivity index (χ3v) is 2.67. The summed E-state index contributed by atoms with van der Waals surface area (Å²) in [5.41, 5.74) is 0. The Morgan fingerprint density at radius 1 is 1.53 bits per heavy atom. The fourth-order valence-electron chi connectivity index (χ4n) is 2.05. The summed E-state index contributed by atoms with van der Waals surface area (Å²) in [5.74, 6) is 1.77. The lowest BCUT2D eigenvalue weighted by molar-refractivity contribution is 0.157. The van der Waals surface area contributed by atoms with Crippen molar-refractivity contribution in [3.63, 3.8) is 0 Å². The van der Waals surface area contributed by atoms with Crippen LogP contribution in [0.3, 0.4) is 0 Å². The van der Waals surface area contributed by atoms with E-state index in [9.17, 15) is 0 Å². The molecule has 0 amide bonds. The highest BCUT2D eigenvalue weighted by Gasteiger charge is 2.25. The summed E-state index contributed by atoms with van der Waals surface area (Å²) >= 11 is 0. The maximum atomic E-state index is 5.19. The van der Waals surface area contributed by atoms with Crippen LogP contribution >= 0.6 is 0 Å². The van der Waals surface area contributed by atoms with Crippen LogP contribution in [-0.4, -0.2) is 63.2 Å². The van der Waals surface area contributed by atoms with Crippen molar-refractivity contribution in [2.24, 2.45) is 10.9 Å². The summed E-state index contributed by atoms with van der Waals surface area (Å²) < 4.78 is 5.19. The first kappa shape index (κ1) is 12.3. The van der Waals surface area contributed by atoms with Gasteiger partial charge in [0.1, 0.15) is 0 Å².